The number of benzene rings is 1. The lowest BCUT2D eigenvalue weighted by molar-refractivity contribution is 0.194. The predicted octanol–water partition coefficient (Wildman–Crippen LogP) is 3.73. The monoisotopic (exact) mass is 319 g/mol. The molecule has 4 nitrogen and oxygen atoms in total. The zero-order valence-electron chi connectivity index (χ0n) is 15.2. The summed E-state index contributed by atoms with van der Waals surface area (Å²) in [5.41, 5.74) is 1.18. The van der Waals surface area contributed by atoms with Crippen LogP contribution >= 0.6 is 0 Å². The van der Waals surface area contributed by atoms with E-state index in [1.165, 1.54) is 5.56 Å². The highest BCUT2D eigenvalue weighted by Gasteiger charge is 2.12. The molecule has 0 radical (unpaired) electrons. The fraction of sp³-hybridized carbons (Fsp3) is 0.632. The molecule has 1 aromatic carbocycles. The molecule has 0 spiro atoms. The molecule has 0 heterocycles. The van der Waals surface area contributed by atoms with Gasteiger partial charge in [-0.15, -0.1) is 0 Å². The van der Waals surface area contributed by atoms with Crippen LogP contribution < -0.4 is 5.32 Å². The van der Waals surface area contributed by atoms with Crippen LogP contribution in [0.2, 0.25) is 0 Å². The third-order valence-electron chi connectivity index (χ3n) is 4.09. The van der Waals surface area contributed by atoms with Crippen molar-refractivity contribution in [2.75, 3.05) is 26.7 Å². The summed E-state index contributed by atoms with van der Waals surface area (Å²) in [7, 11) is 2.14. The molecule has 0 aliphatic carbocycles. The van der Waals surface area contributed by atoms with Crippen molar-refractivity contribution in [2.45, 2.75) is 52.6 Å². The number of carbonyl (C=O) groups excluding carboxylic acids is 1. The normalized spacial score (nSPS) is 11.0. The maximum absolute atomic E-state index is 12.3. The Hall–Kier alpha value is -1.55. The largest absolute Gasteiger partial charge is 0.338 e. The minimum Gasteiger partial charge on any atom is -0.338 e. The Bertz CT molecular complexity index is 434. The molecule has 0 aromatic heterocycles. The van der Waals surface area contributed by atoms with E-state index >= 15 is 0 Å². The van der Waals surface area contributed by atoms with Gasteiger partial charge in [-0.05, 0) is 52.3 Å². The lowest BCUT2D eigenvalue weighted by Crippen LogP contribution is -2.40. The van der Waals surface area contributed by atoms with Crippen molar-refractivity contribution in [3.8, 4) is 0 Å². The van der Waals surface area contributed by atoms with Gasteiger partial charge >= 0.3 is 6.03 Å². The number of unbranched alkanes of at least 4 members (excludes halogenated alkanes) is 1. The second-order valence-electron chi connectivity index (χ2n) is 6.42. The minimum absolute atomic E-state index is 0.0490. The van der Waals surface area contributed by atoms with Gasteiger partial charge in [0, 0.05) is 25.7 Å². The first-order chi connectivity index (χ1) is 11.0. The minimum atomic E-state index is 0.0490. The molecule has 0 fully saturated rings. The topological polar surface area (TPSA) is 35.6 Å². The number of nitrogens with zero attached hydrogens (tertiary/aromatic N) is 2. The molecule has 0 unspecified atom stereocenters. The van der Waals surface area contributed by atoms with Crippen LogP contribution in [0.15, 0.2) is 30.3 Å². The molecule has 1 aromatic rings. The van der Waals surface area contributed by atoms with Crippen molar-refractivity contribution in [3.05, 3.63) is 35.9 Å². The number of hydrogen-bond acceptors (Lipinski definition) is 2. The van der Waals surface area contributed by atoms with Crippen LogP contribution in [-0.2, 0) is 6.54 Å². The van der Waals surface area contributed by atoms with E-state index in [-0.39, 0.29) is 6.03 Å². The van der Waals surface area contributed by atoms with Gasteiger partial charge in [-0.25, -0.2) is 4.79 Å². The van der Waals surface area contributed by atoms with E-state index in [1.54, 1.807) is 0 Å². The molecule has 2 amide bonds. The quantitative estimate of drug-likeness (QED) is 0.667. The summed E-state index contributed by atoms with van der Waals surface area (Å²) < 4.78 is 0. The summed E-state index contributed by atoms with van der Waals surface area (Å²) in [5, 5.41) is 3.06. The van der Waals surface area contributed by atoms with Crippen LogP contribution in [0.4, 0.5) is 4.79 Å². The molecule has 0 bridgehead atoms. The van der Waals surface area contributed by atoms with Gasteiger partial charge in [0.25, 0.3) is 0 Å². The van der Waals surface area contributed by atoms with Crippen molar-refractivity contribution in [1.29, 1.82) is 0 Å². The smallest absolute Gasteiger partial charge is 0.317 e. The Morgan fingerprint density at radius 3 is 2.43 bits per heavy atom. The molecule has 4 heteroatoms. The molecule has 0 aliphatic rings. The highest BCUT2D eigenvalue weighted by molar-refractivity contribution is 5.74. The van der Waals surface area contributed by atoms with Gasteiger partial charge in [-0.2, -0.15) is 0 Å². The summed E-state index contributed by atoms with van der Waals surface area (Å²) in [5.74, 6) is 0. The zero-order chi connectivity index (χ0) is 17.1. The molecular formula is C19H33N3O. The van der Waals surface area contributed by atoms with Gasteiger partial charge in [-0.3, -0.25) is 0 Å². The Kier molecular flexibility index (Phi) is 9.37. The zero-order valence-corrected chi connectivity index (χ0v) is 15.2. The standard InChI is InChI=1S/C19H33N3O/c1-5-14-22(16-18-11-7-6-8-12-18)19(23)20-13-9-10-15-21(4)17(2)3/h6-8,11-12,17H,5,9-10,13-16H2,1-4H3,(H,20,23). The number of amides is 2. The van der Waals surface area contributed by atoms with Gasteiger partial charge in [0.1, 0.15) is 0 Å². The third kappa shape index (κ3) is 8.03. The van der Waals surface area contributed by atoms with E-state index in [0.717, 1.165) is 38.9 Å². The van der Waals surface area contributed by atoms with Crippen molar-refractivity contribution < 1.29 is 4.79 Å². The van der Waals surface area contributed by atoms with Crippen molar-refractivity contribution in [1.82, 2.24) is 15.1 Å². The molecule has 1 N–H and O–H groups in total. The van der Waals surface area contributed by atoms with Crippen molar-refractivity contribution in [3.63, 3.8) is 0 Å². The first-order valence-corrected chi connectivity index (χ1v) is 8.81. The van der Waals surface area contributed by atoms with Crippen LogP contribution in [0.3, 0.4) is 0 Å². The van der Waals surface area contributed by atoms with E-state index in [9.17, 15) is 4.79 Å². The number of nitrogens with one attached hydrogen (secondary N) is 1. The average molecular weight is 319 g/mol. The second-order valence-corrected chi connectivity index (χ2v) is 6.42. The summed E-state index contributed by atoms with van der Waals surface area (Å²) in [6, 6.07) is 10.8. The fourth-order valence-corrected chi connectivity index (χ4v) is 2.38. The summed E-state index contributed by atoms with van der Waals surface area (Å²) in [4.78, 5) is 16.6. The molecule has 0 atom stereocenters. The van der Waals surface area contributed by atoms with Crippen LogP contribution in [0.1, 0.15) is 45.6 Å². The lowest BCUT2D eigenvalue weighted by Gasteiger charge is -2.23. The number of rotatable bonds is 10. The summed E-state index contributed by atoms with van der Waals surface area (Å²) >= 11 is 0. The van der Waals surface area contributed by atoms with Gasteiger partial charge in [0.15, 0.2) is 0 Å². The summed E-state index contributed by atoms with van der Waals surface area (Å²) in [6.07, 6.45) is 3.11. The molecule has 0 saturated carbocycles. The van der Waals surface area contributed by atoms with Crippen LogP contribution in [-0.4, -0.2) is 48.6 Å². The molecular weight excluding hydrogens is 286 g/mol. The maximum Gasteiger partial charge on any atom is 0.317 e. The summed E-state index contributed by atoms with van der Waals surface area (Å²) in [6.45, 7) is 9.80. The third-order valence-corrected chi connectivity index (χ3v) is 4.09. The van der Waals surface area contributed by atoms with Gasteiger partial charge in [0.05, 0.1) is 0 Å². The second kappa shape index (κ2) is 11.1. The molecule has 23 heavy (non-hydrogen) atoms. The highest BCUT2D eigenvalue weighted by Crippen LogP contribution is 2.05. The first kappa shape index (κ1) is 19.5. The number of urea groups is 1. The van der Waals surface area contributed by atoms with E-state index in [1.807, 2.05) is 23.1 Å². The maximum atomic E-state index is 12.3. The predicted molar refractivity (Wildman–Crippen MR) is 97.5 cm³/mol. The molecule has 0 saturated heterocycles. The number of hydrogen-bond donors (Lipinski definition) is 1. The molecule has 1 rings (SSSR count). The van der Waals surface area contributed by atoms with E-state index in [4.69, 9.17) is 0 Å². The van der Waals surface area contributed by atoms with Crippen LogP contribution in [0.5, 0.6) is 0 Å². The van der Waals surface area contributed by atoms with Gasteiger partial charge in [0.2, 0.25) is 0 Å². The van der Waals surface area contributed by atoms with Crippen molar-refractivity contribution in [2.24, 2.45) is 0 Å². The van der Waals surface area contributed by atoms with Gasteiger partial charge in [-0.1, -0.05) is 37.3 Å². The SMILES string of the molecule is CCCN(Cc1ccccc1)C(=O)NCCCCN(C)C(C)C. The Balaban J connectivity index is 2.31. The lowest BCUT2D eigenvalue weighted by atomic mass is 10.2. The molecule has 130 valence electrons. The Morgan fingerprint density at radius 1 is 1.13 bits per heavy atom. The average Bonchev–Trinajstić information content (AvgIpc) is 2.54. The van der Waals surface area contributed by atoms with Crippen molar-refractivity contribution >= 4 is 6.03 Å². The van der Waals surface area contributed by atoms with E-state index < -0.39 is 0 Å². The fourth-order valence-electron chi connectivity index (χ4n) is 2.38. The first-order valence-electron chi connectivity index (χ1n) is 8.81. The molecule has 0 aliphatic heterocycles. The Labute approximate surface area is 141 Å². The van der Waals surface area contributed by atoms with E-state index in [2.05, 4.69) is 50.2 Å². The highest BCUT2D eigenvalue weighted by atomic mass is 16.2. The van der Waals surface area contributed by atoms with E-state index in [0.29, 0.717) is 12.6 Å². The van der Waals surface area contributed by atoms with Crippen LogP contribution in [0, 0.1) is 0 Å². The van der Waals surface area contributed by atoms with Crippen LogP contribution in [0.25, 0.3) is 0 Å². The number of carbonyl (C=O) groups is 1. The Morgan fingerprint density at radius 2 is 1.83 bits per heavy atom. The van der Waals surface area contributed by atoms with Gasteiger partial charge < -0.3 is 15.1 Å².